The summed E-state index contributed by atoms with van der Waals surface area (Å²) in [5.74, 6) is 4.67. The maximum Gasteiger partial charge on any atom is 0.210 e. The summed E-state index contributed by atoms with van der Waals surface area (Å²) in [7, 11) is -0.624. The van der Waals surface area contributed by atoms with Gasteiger partial charge < -0.3 is 9.47 Å². The Morgan fingerprint density at radius 2 is 1.69 bits per heavy atom. The molecule has 7 fully saturated rings. The van der Waals surface area contributed by atoms with Crippen molar-refractivity contribution in [1.82, 2.24) is 4.90 Å². The van der Waals surface area contributed by atoms with E-state index in [9.17, 15) is 4.21 Å². The van der Waals surface area contributed by atoms with Crippen molar-refractivity contribution >= 4 is 10.8 Å². The highest BCUT2D eigenvalue weighted by Crippen LogP contribution is 2.64. The Labute approximate surface area is 211 Å². The van der Waals surface area contributed by atoms with Gasteiger partial charge in [-0.25, -0.2) is 0 Å². The van der Waals surface area contributed by atoms with Gasteiger partial charge in [0.15, 0.2) is 0 Å². The molecule has 0 N–H and O–H groups in total. The van der Waals surface area contributed by atoms with Gasteiger partial charge in [0, 0.05) is 66.6 Å². The van der Waals surface area contributed by atoms with E-state index in [0.717, 1.165) is 74.4 Å². The molecular formula is C28H39NO5S. The minimum Gasteiger partial charge on any atom is -0.492 e. The molecule has 8 rings (SSSR count). The first kappa shape index (κ1) is 23.2. The van der Waals surface area contributed by atoms with Crippen molar-refractivity contribution in [2.75, 3.05) is 37.7 Å². The molecular weight excluding hydrogens is 462 g/mol. The molecule has 7 heteroatoms. The Hall–Kier alpha value is -0.990. The first-order chi connectivity index (χ1) is 17.1. The van der Waals surface area contributed by atoms with E-state index in [4.69, 9.17) is 19.2 Å². The predicted molar refractivity (Wildman–Crippen MR) is 133 cm³/mol. The molecule has 5 aliphatic carbocycles. The zero-order valence-electron chi connectivity index (χ0n) is 20.7. The number of rotatable bonds is 5. The fourth-order valence-electron chi connectivity index (χ4n) is 8.29. The Bertz CT molecular complexity index is 915. The van der Waals surface area contributed by atoms with Crippen molar-refractivity contribution in [3.8, 4) is 5.75 Å². The predicted octanol–water partition coefficient (Wildman–Crippen LogP) is 4.61. The van der Waals surface area contributed by atoms with E-state index in [1.807, 2.05) is 0 Å². The summed E-state index contributed by atoms with van der Waals surface area (Å²) in [6.07, 6.45) is 10.5. The Kier molecular flexibility index (Phi) is 6.01. The minimum absolute atomic E-state index is 0.419. The van der Waals surface area contributed by atoms with Gasteiger partial charge in [-0.05, 0) is 80.4 Å². The lowest BCUT2D eigenvalue weighted by molar-refractivity contribution is -0.390. The van der Waals surface area contributed by atoms with Crippen LogP contribution in [0.4, 0.5) is 0 Å². The molecule has 2 atom stereocenters. The molecule has 35 heavy (non-hydrogen) atoms. The van der Waals surface area contributed by atoms with Crippen molar-refractivity contribution in [2.24, 2.45) is 23.7 Å². The first-order valence-corrected chi connectivity index (χ1v) is 15.5. The van der Waals surface area contributed by atoms with Crippen LogP contribution >= 0.6 is 0 Å². The molecule has 0 radical (unpaired) electrons. The molecule has 2 heterocycles. The first-order valence-electron chi connectivity index (χ1n) is 14.0. The van der Waals surface area contributed by atoms with E-state index in [-0.39, 0.29) is 0 Å². The number of ether oxygens (including phenoxy) is 2. The van der Waals surface area contributed by atoms with E-state index in [1.165, 1.54) is 37.7 Å². The maximum atomic E-state index is 11.5. The standard InChI is InChI=1S/C28H39NO5S/c30-35-12-9-29(10-13-35)8-11-31-26-5-3-22(4-6-26)23-2-1-7-27(19-23)32-28(34-33-27)24-15-20-14-21(17-24)18-25(28)16-20/h3-6,20-21,23-25H,1-2,7-19H2/t20?,21?,23?,24?,25?,27-,28?/m1/s1. The molecule has 192 valence electrons. The second kappa shape index (κ2) is 9.09. The Morgan fingerprint density at radius 1 is 0.971 bits per heavy atom. The van der Waals surface area contributed by atoms with Gasteiger partial charge in [0.1, 0.15) is 12.4 Å². The lowest BCUT2D eigenvalue weighted by atomic mass is 9.53. The average molecular weight is 502 g/mol. The monoisotopic (exact) mass is 501 g/mol. The van der Waals surface area contributed by atoms with E-state index in [2.05, 4.69) is 29.2 Å². The van der Waals surface area contributed by atoms with Gasteiger partial charge in [-0.2, -0.15) is 9.78 Å². The highest BCUT2D eigenvalue weighted by atomic mass is 32.2. The van der Waals surface area contributed by atoms with Crippen molar-refractivity contribution in [3.63, 3.8) is 0 Å². The Morgan fingerprint density at radius 3 is 2.40 bits per heavy atom. The normalized spacial score (nSPS) is 43.4. The van der Waals surface area contributed by atoms with Gasteiger partial charge in [-0.1, -0.05) is 12.1 Å². The summed E-state index contributed by atoms with van der Waals surface area (Å²) in [6.45, 7) is 3.39. The largest absolute Gasteiger partial charge is 0.492 e. The molecule has 2 aliphatic heterocycles. The summed E-state index contributed by atoms with van der Waals surface area (Å²) in [5.41, 5.74) is 1.34. The van der Waals surface area contributed by atoms with E-state index < -0.39 is 22.4 Å². The molecule has 1 aromatic carbocycles. The second-order valence-electron chi connectivity index (χ2n) is 12.1. The lowest BCUT2D eigenvalue weighted by Crippen LogP contribution is -2.59. The van der Waals surface area contributed by atoms with Crippen molar-refractivity contribution in [2.45, 2.75) is 75.3 Å². The van der Waals surface area contributed by atoms with E-state index in [1.54, 1.807) is 0 Å². The topological polar surface area (TPSA) is 57.2 Å². The van der Waals surface area contributed by atoms with E-state index >= 15 is 0 Å². The van der Waals surface area contributed by atoms with Crippen LogP contribution in [0, 0.1) is 23.7 Å². The fourth-order valence-corrected chi connectivity index (χ4v) is 9.42. The third-order valence-electron chi connectivity index (χ3n) is 9.91. The van der Waals surface area contributed by atoms with Crippen LogP contribution in [0.1, 0.15) is 69.3 Å². The summed E-state index contributed by atoms with van der Waals surface area (Å²) < 4.78 is 24.5. The van der Waals surface area contributed by atoms with Gasteiger partial charge in [-0.3, -0.25) is 9.11 Å². The van der Waals surface area contributed by atoms with Crippen LogP contribution in [0.15, 0.2) is 24.3 Å². The van der Waals surface area contributed by atoms with E-state index in [0.29, 0.717) is 24.4 Å². The quantitative estimate of drug-likeness (QED) is 0.549. The highest BCUT2D eigenvalue weighted by Gasteiger charge is 2.67. The van der Waals surface area contributed by atoms with Gasteiger partial charge in [-0.15, -0.1) is 0 Å². The van der Waals surface area contributed by atoms with Crippen LogP contribution < -0.4 is 4.74 Å². The van der Waals surface area contributed by atoms with Crippen molar-refractivity contribution in [1.29, 1.82) is 0 Å². The van der Waals surface area contributed by atoms with Crippen molar-refractivity contribution in [3.05, 3.63) is 29.8 Å². The minimum atomic E-state index is -0.624. The highest BCUT2D eigenvalue weighted by molar-refractivity contribution is 7.85. The summed E-state index contributed by atoms with van der Waals surface area (Å²) in [4.78, 5) is 14.8. The Balaban J connectivity index is 0.966. The maximum absolute atomic E-state index is 11.5. The lowest BCUT2D eigenvalue weighted by Gasteiger charge is -2.57. The van der Waals surface area contributed by atoms with Crippen LogP contribution in [-0.2, 0) is 25.3 Å². The molecule has 7 aliphatic rings. The summed E-state index contributed by atoms with van der Waals surface area (Å²) in [5, 5.41) is 0. The zero-order valence-corrected chi connectivity index (χ0v) is 21.5. The number of hydrogen-bond donors (Lipinski definition) is 0. The second-order valence-corrected chi connectivity index (χ2v) is 13.8. The summed E-state index contributed by atoms with van der Waals surface area (Å²) in [6, 6.07) is 8.65. The number of nitrogens with zero attached hydrogens (tertiary/aromatic N) is 1. The molecule has 5 saturated carbocycles. The third-order valence-corrected chi connectivity index (χ3v) is 11.2. The molecule has 1 aromatic rings. The van der Waals surface area contributed by atoms with Crippen LogP contribution in [-0.4, -0.2) is 58.4 Å². The third kappa shape index (κ3) is 4.29. The van der Waals surface area contributed by atoms with Gasteiger partial charge in [0.2, 0.25) is 11.6 Å². The molecule has 4 bridgehead atoms. The smallest absolute Gasteiger partial charge is 0.210 e. The molecule has 0 aromatic heterocycles. The number of benzene rings is 1. The molecule has 2 saturated heterocycles. The molecule has 6 nitrogen and oxygen atoms in total. The fraction of sp³-hybridized carbons (Fsp3) is 0.786. The van der Waals surface area contributed by atoms with Gasteiger partial charge >= 0.3 is 0 Å². The van der Waals surface area contributed by atoms with Crippen LogP contribution in [0.3, 0.4) is 0 Å². The van der Waals surface area contributed by atoms with Crippen LogP contribution in [0.5, 0.6) is 5.75 Å². The van der Waals surface area contributed by atoms with Crippen LogP contribution in [0.25, 0.3) is 0 Å². The SMILES string of the molecule is O=S1CCN(CCOc2ccc(C3CCC[C@]4(C3)OOC3(O4)C4CC5CC(C4)CC3C5)cc2)CC1. The summed E-state index contributed by atoms with van der Waals surface area (Å²) >= 11 is 0. The number of hydrogen-bond acceptors (Lipinski definition) is 6. The van der Waals surface area contributed by atoms with Crippen LogP contribution in [0.2, 0.25) is 0 Å². The molecule has 2 spiro atoms. The molecule has 0 amide bonds. The van der Waals surface area contributed by atoms with Crippen molar-refractivity contribution < 1.29 is 23.5 Å². The zero-order chi connectivity index (χ0) is 23.5. The average Bonchev–Trinajstić information content (AvgIpc) is 3.23. The van der Waals surface area contributed by atoms with Gasteiger partial charge in [0.25, 0.3) is 0 Å². The molecule has 1 unspecified atom stereocenters. The van der Waals surface area contributed by atoms with Gasteiger partial charge in [0.05, 0.1) is 0 Å².